The Kier molecular flexibility index (Phi) is 7.79. The Bertz CT molecular complexity index is 425. The van der Waals surface area contributed by atoms with Crippen molar-refractivity contribution in [1.29, 1.82) is 0 Å². The van der Waals surface area contributed by atoms with Gasteiger partial charge >= 0.3 is 0 Å². The van der Waals surface area contributed by atoms with Crippen LogP contribution in [0.15, 0.2) is 41.1 Å². The molecule has 0 spiro atoms. The number of ether oxygens (including phenoxy) is 1. The molecule has 112 valence electrons. The summed E-state index contributed by atoms with van der Waals surface area (Å²) in [5.74, 6) is 0.996. The van der Waals surface area contributed by atoms with Crippen molar-refractivity contribution in [1.82, 2.24) is 4.90 Å². The molecular weight excluding hydrogens is 302 g/mol. The van der Waals surface area contributed by atoms with Crippen molar-refractivity contribution in [3.05, 3.63) is 46.7 Å². The Hall–Kier alpha value is -0.920. The number of rotatable bonds is 4. The first-order valence-corrected chi connectivity index (χ1v) is 7.98. The summed E-state index contributed by atoms with van der Waals surface area (Å²) >= 11 is 1.79. The summed E-state index contributed by atoms with van der Waals surface area (Å²) in [4.78, 5) is 2.35. The predicted octanol–water partition coefficient (Wildman–Crippen LogP) is 0.483. The SMILES string of the molecule is CCOC1=C(C)N(Cc2ccccc2)CS1.[O-][Cl+2]([O-])O. The Balaban J connectivity index is 0.000000444. The van der Waals surface area contributed by atoms with Crippen LogP contribution in [-0.2, 0) is 11.3 Å². The molecule has 1 aromatic rings. The molecule has 0 aliphatic carbocycles. The van der Waals surface area contributed by atoms with E-state index in [9.17, 15) is 0 Å². The number of hydrogen-bond donors (Lipinski definition) is 1. The smallest absolute Gasteiger partial charge is 0.282 e. The molecule has 2 rings (SSSR count). The van der Waals surface area contributed by atoms with Crippen LogP contribution >= 0.6 is 11.8 Å². The molecule has 0 aromatic heterocycles. The van der Waals surface area contributed by atoms with Gasteiger partial charge in [0.15, 0.2) is 5.09 Å². The number of hydrogen-bond acceptors (Lipinski definition) is 6. The molecule has 1 aliphatic heterocycles. The Morgan fingerprint density at radius 3 is 2.50 bits per heavy atom. The van der Waals surface area contributed by atoms with Crippen molar-refractivity contribution in [2.45, 2.75) is 20.4 Å². The van der Waals surface area contributed by atoms with Gasteiger partial charge in [-0.3, -0.25) is 0 Å². The molecule has 0 radical (unpaired) electrons. The van der Waals surface area contributed by atoms with Gasteiger partial charge in [0.25, 0.3) is 10.8 Å². The van der Waals surface area contributed by atoms with Crippen molar-refractivity contribution in [2.24, 2.45) is 0 Å². The van der Waals surface area contributed by atoms with E-state index < -0.39 is 10.8 Å². The third-order valence-corrected chi connectivity index (χ3v) is 3.73. The minimum atomic E-state index is -2.60. The first kappa shape index (κ1) is 17.1. The van der Waals surface area contributed by atoms with Crippen molar-refractivity contribution in [3.63, 3.8) is 0 Å². The Morgan fingerprint density at radius 1 is 1.35 bits per heavy atom. The quantitative estimate of drug-likeness (QED) is 0.870. The van der Waals surface area contributed by atoms with E-state index in [-0.39, 0.29) is 0 Å². The van der Waals surface area contributed by atoms with Gasteiger partial charge in [0, 0.05) is 11.2 Å². The molecule has 0 bridgehead atoms. The maximum atomic E-state index is 8.52. The van der Waals surface area contributed by atoms with Gasteiger partial charge in [-0.05, 0) is 19.4 Å². The normalized spacial score (nSPS) is 14.4. The van der Waals surface area contributed by atoms with Crippen LogP contribution in [0.3, 0.4) is 0 Å². The number of allylic oxidation sites excluding steroid dienone is 1. The molecule has 1 heterocycles. The summed E-state index contributed by atoms with van der Waals surface area (Å²) in [5.41, 5.74) is 2.61. The summed E-state index contributed by atoms with van der Waals surface area (Å²) in [5, 5.41) is 1.08. The van der Waals surface area contributed by atoms with Crippen molar-refractivity contribution < 1.29 is 29.5 Å². The van der Waals surface area contributed by atoms with Crippen LogP contribution in [0.1, 0.15) is 19.4 Å². The second kappa shape index (κ2) is 9.10. The highest BCUT2D eigenvalue weighted by Crippen LogP contribution is 2.33. The highest BCUT2D eigenvalue weighted by atomic mass is 35.6. The van der Waals surface area contributed by atoms with Crippen molar-refractivity contribution in [2.75, 3.05) is 12.5 Å². The molecule has 1 aromatic carbocycles. The van der Waals surface area contributed by atoms with Crippen LogP contribution in [0.4, 0.5) is 0 Å². The second-order valence-electron chi connectivity index (χ2n) is 3.96. The van der Waals surface area contributed by atoms with Gasteiger partial charge < -0.3 is 19.0 Å². The van der Waals surface area contributed by atoms with E-state index in [0.717, 1.165) is 24.1 Å². The third kappa shape index (κ3) is 6.02. The largest absolute Gasteiger partial charge is 0.486 e. The highest BCUT2D eigenvalue weighted by molar-refractivity contribution is 8.03. The summed E-state index contributed by atoms with van der Waals surface area (Å²) in [6, 6.07) is 10.5. The van der Waals surface area contributed by atoms with Gasteiger partial charge in [-0.25, -0.2) is 0 Å². The average Bonchev–Trinajstić information content (AvgIpc) is 2.73. The Labute approximate surface area is 126 Å². The molecule has 5 nitrogen and oxygen atoms in total. The molecule has 0 saturated carbocycles. The van der Waals surface area contributed by atoms with Gasteiger partial charge in [0.1, 0.15) is 0 Å². The van der Waals surface area contributed by atoms with Crippen LogP contribution in [0.5, 0.6) is 0 Å². The van der Waals surface area contributed by atoms with Crippen LogP contribution in [0, 0.1) is 10.8 Å². The summed E-state index contributed by atoms with van der Waals surface area (Å²) < 4.78 is 29.6. The van der Waals surface area contributed by atoms with E-state index in [2.05, 4.69) is 42.2 Å². The van der Waals surface area contributed by atoms with E-state index in [1.165, 1.54) is 11.3 Å². The third-order valence-electron chi connectivity index (χ3n) is 2.61. The second-order valence-corrected chi connectivity index (χ2v) is 5.28. The average molecular weight is 320 g/mol. The Morgan fingerprint density at radius 2 is 1.95 bits per heavy atom. The topological polar surface area (TPSA) is 78.8 Å². The first-order valence-electron chi connectivity index (χ1n) is 6.04. The molecule has 20 heavy (non-hydrogen) atoms. The van der Waals surface area contributed by atoms with Gasteiger partial charge in [0.2, 0.25) is 0 Å². The monoisotopic (exact) mass is 319 g/mol. The van der Waals surface area contributed by atoms with E-state index in [1.54, 1.807) is 11.8 Å². The lowest BCUT2D eigenvalue weighted by Gasteiger charge is -2.18. The molecule has 0 saturated heterocycles. The first-order chi connectivity index (χ1) is 9.54. The molecular formula is C13H18ClNO4S. The van der Waals surface area contributed by atoms with E-state index >= 15 is 0 Å². The minimum Gasteiger partial charge on any atom is -0.486 e. The van der Waals surface area contributed by atoms with Crippen LogP contribution in [0.2, 0.25) is 0 Å². The lowest BCUT2D eigenvalue weighted by molar-refractivity contribution is -1.63. The lowest BCUT2D eigenvalue weighted by Crippen LogP contribution is -2.30. The predicted molar refractivity (Wildman–Crippen MR) is 71.0 cm³/mol. The van der Waals surface area contributed by atoms with Gasteiger partial charge in [0.05, 0.1) is 18.2 Å². The van der Waals surface area contributed by atoms with Gasteiger partial charge in [-0.2, -0.15) is 0 Å². The fourth-order valence-corrected chi connectivity index (χ4v) is 2.81. The van der Waals surface area contributed by atoms with Crippen LogP contribution in [-0.4, -0.2) is 22.0 Å². The van der Waals surface area contributed by atoms with E-state index in [4.69, 9.17) is 18.7 Å². The number of benzene rings is 1. The molecule has 7 heteroatoms. The van der Waals surface area contributed by atoms with Gasteiger partial charge in [-0.15, -0.1) is 0 Å². The van der Waals surface area contributed by atoms with Crippen LogP contribution < -0.4 is 9.32 Å². The fraction of sp³-hybridized carbons (Fsp3) is 0.385. The maximum Gasteiger partial charge on any atom is 0.282 e. The molecule has 1 N–H and O–H groups in total. The molecule has 0 unspecified atom stereocenters. The van der Waals surface area contributed by atoms with Crippen LogP contribution in [0.25, 0.3) is 0 Å². The summed E-state index contributed by atoms with van der Waals surface area (Å²) in [6.07, 6.45) is 0. The molecule has 0 amide bonds. The number of halogens is 1. The summed E-state index contributed by atoms with van der Waals surface area (Å²) in [6.45, 7) is 5.88. The maximum absolute atomic E-state index is 8.52. The number of thioether (sulfide) groups is 1. The summed E-state index contributed by atoms with van der Waals surface area (Å²) in [7, 11) is -2.60. The van der Waals surface area contributed by atoms with E-state index in [0.29, 0.717) is 0 Å². The zero-order valence-corrected chi connectivity index (χ0v) is 13.0. The fourth-order valence-electron chi connectivity index (χ4n) is 1.71. The molecule has 1 aliphatic rings. The highest BCUT2D eigenvalue weighted by Gasteiger charge is 2.20. The van der Waals surface area contributed by atoms with E-state index in [1.807, 2.05) is 6.92 Å². The van der Waals surface area contributed by atoms with Crippen molar-refractivity contribution in [3.8, 4) is 0 Å². The van der Waals surface area contributed by atoms with Crippen molar-refractivity contribution >= 4 is 11.8 Å². The zero-order chi connectivity index (χ0) is 15.0. The molecule has 0 fully saturated rings. The number of nitrogens with zero attached hydrogens (tertiary/aromatic N) is 1. The van der Waals surface area contributed by atoms with Gasteiger partial charge in [-0.1, -0.05) is 42.1 Å². The molecule has 0 atom stereocenters. The minimum absolute atomic E-state index is 0.749. The zero-order valence-electron chi connectivity index (χ0n) is 11.4. The standard InChI is InChI=1S/C13H17NOS.ClHO3/c1-3-15-13-11(2)14(10-16-13)9-12-7-5-4-6-8-12;2-1(3)4/h4-8H,3,9-10H2,1-2H3;2H. The lowest BCUT2D eigenvalue weighted by atomic mass is 10.2.